The normalized spacial score (nSPS) is 20.1. The zero-order valence-corrected chi connectivity index (χ0v) is 12.5. The first-order chi connectivity index (χ1) is 8.65. The van der Waals surface area contributed by atoms with E-state index in [9.17, 15) is 0 Å². The number of rotatable bonds is 4. The van der Waals surface area contributed by atoms with Crippen LogP contribution in [0.4, 0.5) is 5.82 Å². The van der Waals surface area contributed by atoms with Gasteiger partial charge in [-0.15, -0.1) is 0 Å². The topological polar surface area (TPSA) is 47.0 Å². The molecule has 1 atom stereocenters. The standard InChI is InChI=1S/C13H20BrN3O/c1-9(2)13-16-11(14)6-12(17-13)15-7-10-4-3-5-18-8-10/h6,9-10H,3-5,7-8H2,1-2H3,(H,15,16,17). The lowest BCUT2D eigenvalue weighted by Gasteiger charge is -2.22. The van der Waals surface area contributed by atoms with Crippen LogP contribution in [0.2, 0.25) is 0 Å². The van der Waals surface area contributed by atoms with Crippen LogP contribution in [0.25, 0.3) is 0 Å². The van der Waals surface area contributed by atoms with Gasteiger partial charge in [0.05, 0.1) is 6.61 Å². The zero-order valence-electron chi connectivity index (χ0n) is 10.9. The van der Waals surface area contributed by atoms with Gasteiger partial charge in [0.1, 0.15) is 16.2 Å². The maximum absolute atomic E-state index is 5.47. The van der Waals surface area contributed by atoms with Crippen LogP contribution in [0.3, 0.4) is 0 Å². The summed E-state index contributed by atoms with van der Waals surface area (Å²) in [5.74, 6) is 2.69. The fourth-order valence-corrected chi connectivity index (χ4v) is 2.40. The smallest absolute Gasteiger partial charge is 0.134 e. The molecule has 1 saturated heterocycles. The van der Waals surface area contributed by atoms with Crippen LogP contribution in [-0.4, -0.2) is 29.7 Å². The minimum absolute atomic E-state index is 0.334. The van der Waals surface area contributed by atoms with E-state index in [4.69, 9.17) is 4.74 Å². The Balaban J connectivity index is 1.95. The molecule has 0 spiro atoms. The Bertz CT molecular complexity index is 392. The maximum atomic E-state index is 5.47. The molecule has 0 amide bonds. The first-order valence-corrected chi connectivity index (χ1v) is 7.30. The van der Waals surface area contributed by atoms with E-state index in [1.165, 1.54) is 6.42 Å². The van der Waals surface area contributed by atoms with Crippen molar-refractivity contribution in [3.63, 3.8) is 0 Å². The third-order valence-electron chi connectivity index (χ3n) is 3.06. The minimum atomic E-state index is 0.334. The number of nitrogens with zero attached hydrogens (tertiary/aromatic N) is 2. The number of aromatic nitrogens is 2. The second kappa shape index (κ2) is 6.48. The third-order valence-corrected chi connectivity index (χ3v) is 3.46. The van der Waals surface area contributed by atoms with E-state index in [2.05, 4.69) is 45.1 Å². The van der Waals surface area contributed by atoms with E-state index in [-0.39, 0.29) is 0 Å². The molecule has 0 radical (unpaired) electrons. The Morgan fingerprint density at radius 2 is 2.33 bits per heavy atom. The van der Waals surface area contributed by atoms with Gasteiger partial charge in [0.15, 0.2) is 0 Å². The summed E-state index contributed by atoms with van der Waals surface area (Å²) in [6.45, 7) is 6.88. The van der Waals surface area contributed by atoms with Crippen LogP contribution < -0.4 is 5.32 Å². The molecule has 0 saturated carbocycles. The second-order valence-electron chi connectivity index (χ2n) is 5.05. The average molecular weight is 314 g/mol. The summed E-state index contributed by atoms with van der Waals surface area (Å²) >= 11 is 3.43. The zero-order chi connectivity index (χ0) is 13.0. The molecule has 0 aromatic carbocycles. The minimum Gasteiger partial charge on any atom is -0.381 e. The third kappa shape index (κ3) is 3.92. The van der Waals surface area contributed by atoms with Gasteiger partial charge in [-0.25, -0.2) is 9.97 Å². The molecule has 1 aromatic rings. The van der Waals surface area contributed by atoms with Gasteiger partial charge in [-0.1, -0.05) is 13.8 Å². The SMILES string of the molecule is CC(C)c1nc(Br)cc(NCC2CCCOC2)n1. The molecular weight excluding hydrogens is 294 g/mol. The average Bonchev–Trinajstić information content (AvgIpc) is 2.37. The molecule has 0 bridgehead atoms. The van der Waals surface area contributed by atoms with Gasteiger partial charge in [0.2, 0.25) is 0 Å². The van der Waals surface area contributed by atoms with E-state index >= 15 is 0 Å². The highest BCUT2D eigenvalue weighted by molar-refractivity contribution is 9.10. The largest absolute Gasteiger partial charge is 0.381 e. The van der Waals surface area contributed by atoms with Gasteiger partial charge >= 0.3 is 0 Å². The lowest BCUT2D eigenvalue weighted by Crippen LogP contribution is -2.24. The highest BCUT2D eigenvalue weighted by Crippen LogP contribution is 2.19. The van der Waals surface area contributed by atoms with Crippen molar-refractivity contribution in [2.24, 2.45) is 5.92 Å². The van der Waals surface area contributed by atoms with Crippen LogP contribution in [0.1, 0.15) is 38.4 Å². The van der Waals surface area contributed by atoms with Gasteiger partial charge in [-0.3, -0.25) is 0 Å². The molecule has 1 aliphatic rings. The lowest BCUT2D eigenvalue weighted by molar-refractivity contribution is 0.0595. The molecule has 4 nitrogen and oxygen atoms in total. The molecule has 0 aliphatic carbocycles. The Labute approximate surface area is 117 Å². The van der Waals surface area contributed by atoms with Crippen LogP contribution in [0, 0.1) is 5.92 Å². The molecule has 100 valence electrons. The van der Waals surface area contributed by atoms with E-state index in [0.29, 0.717) is 11.8 Å². The van der Waals surface area contributed by atoms with Gasteiger partial charge in [-0.2, -0.15) is 0 Å². The van der Waals surface area contributed by atoms with Crippen LogP contribution >= 0.6 is 15.9 Å². The predicted octanol–water partition coefficient (Wildman–Crippen LogP) is 3.20. The fourth-order valence-electron chi connectivity index (χ4n) is 2.00. The number of anilines is 1. The molecule has 1 N–H and O–H groups in total. The lowest BCUT2D eigenvalue weighted by atomic mass is 10.0. The number of hydrogen-bond acceptors (Lipinski definition) is 4. The maximum Gasteiger partial charge on any atom is 0.134 e. The molecule has 2 heterocycles. The Hall–Kier alpha value is -0.680. The quantitative estimate of drug-likeness (QED) is 0.867. The monoisotopic (exact) mass is 313 g/mol. The van der Waals surface area contributed by atoms with Gasteiger partial charge < -0.3 is 10.1 Å². The van der Waals surface area contributed by atoms with Crippen molar-refractivity contribution in [2.45, 2.75) is 32.6 Å². The number of nitrogens with one attached hydrogen (secondary N) is 1. The van der Waals surface area contributed by atoms with Crippen molar-refractivity contribution < 1.29 is 4.74 Å². The van der Waals surface area contributed by atoms with Crippen molar-refractivity contribution in [1.82, 2.24) is 9.97 Å². The van der Waals surface area contributed by atoms with E-state index in [1.54, 1.807) is 0 Å². The Kier molecular flexibility index (Phi) is 4.95. The van der Waals surface area contributed by atoms with Gasteiger partial charge in [-0.05, 0) is 34.7 Å². The van der Waals surface area contributed by atoms with Crippen molar-refractivity contribution in [2.75, 3.05) is 25.1 Å². The highest BCUT2D eigenvalue weighted by atomic mass is 79.9. The molecule has 18 heavy (non-hydrogen) atoms. The molecule has 1 fully saturated rings. The number of hydrogen-bond donors (Lipinski definition) is 1. The Morgan fingerprint density at radius 1 is 1.50 bits per heavy atom. The van der Waals surface area contributed by atoms with E-state index in [1.807, 2.05) is 6.07 Å². The highest BCUT2D eigenvalue weighted by Gasteiger charge is 2.14. The summed E-state index contributed by atoms with van der Waals surface area (Å²) in [4.78, 5) is 8.89. The van der Waals surface area contributed by atoms with Crippen LogP contribution in [0.5, 0.6) is 0 Å². The Morgan fingerprint density at radius 3 is 3.00 bits per heavy atom. The van der Waals surface area contributed by atoms with Crippen LogP contribution in [-0.2, 0) is 4.74 Å². The first kappa shape index (κ1) is 13.7. The predicted molar refractivity (Wildman–Crippen MR) is 75.9 cm³/mol. The summed E-state index contributed by atoms with van der Waals surface area (Å²) in [6, 6.07) is 1.93. The summed E-state index contributed by atoms with van der Waals surface area (Å²) in [5.41, 5.74) is 0. The summed E-state index contributed by atoms with van der Waals surface area (Å²) in [5, 5.41) is 3.39. The van der Waals surface area contributed by atoms with Crippen LogP contribution in [0.15, 0.2) is 10.7 Å². The molecule has 1 aromatic heterocycles. The first-order valence-electron chi connectivity index (χ1n) is 6.51. The summed E-state index contributed by atoms with van der Waals surface area (Å²) in [6.07, 6.45) is 2.40. The van der Waals surface area contributed by atoms with Crippen molar-refractivity contribution in [3.05, 3.63) is 16.5 Å². The second-order valence-corrected chi connectivity index (χ2v) is 5.87. The van der Waals surface area contributed by atoms with Crippen molar-refractivity contribution >= 4 is 21.7 Å². The van der Waals surface area contributed by atoms with Gasteiger partial charge in [0.25, 0.3) is 0 Å². The molecule has 1 aliphatic heterocycles. The fraction of sp³-hybridized carbons (Fsp3) is 0.692. The molecular formula is C13H20BrN3O. The van der Waals surface area contributed by atoms with Crippen molar-refractivity contribution in [3.8, 4) is 0 Å². The summed E-state index contributed by atoms with van der Waals surface area (Å²) in [7, 11) is 0. The molecule has 1 unspecified atom stereocenters. The summed E-state index contributed by atoms with van der Waals surface area (Å²) < 4.78 is 6.31. The molecule has 2 rings (SSSR count). The molecule has 5 heteroatoms. The van der Waals surface area contributed by atoms with Crippen molar-refractivity contribution in [1.29, 1.82) is 0 Å². The van der Waals surface area contributed by atoms with E-state index < -0.39 is 0 Å². The number of ether oxygens (including phenoxy) is 1. The number of halogens is 1. The van der Waals surface area contributed by atoms with Gasteiger partial charge in [0, 0.05) is 25.1 Å². The van der Waals surface area contributed by atoms with E-state index in [0.717, 1.165) is 42.4 Å².